The fourth-order valence-electron chi connectivity index (χ4n) is 2.16. The van der Waals surface area contributed by atoms with Gasteiger partial charge in [0.15, 0.2) is 11.5 Å². The van der Waals surface area contributed by atoms with Crippen molar-refractivity contribution in [2.45, 2.75) is 11.8 Å². The average Bonchev–Trinajstić information content (AvgIpc) is 2.71. The molecule has 1 unspecified atom stereocenters. The minimum atomic E-state index is -0.340. The van der Waals surface area contributed by atoms with Crippen LogP contribution in [0.3, 0.4) is 0 Å². The van der Waals surface area contributed by atoms with Crippen LogP contribution in [-0.4, -0.2) is 13.2 Å². The average molecular weight is 293 g/mol. The highest BCUT2D eigenvalue weighted by Crippen LogP contribution is 2.36. The minimum absolute atomic E-state index is 0.267. The van der Waals surface area contributed by atoms with Gasteiger partial charge in [-0.1, -0.05) is 18.2 Å². The van der Waals surface area contributed by atoms with Crippen molar-refractivity contribution in [1.29, 1.82) is 0 Å². The van der Waals surface area contributed by atoms with Crippen molar-refractivity contribution in [3.63, 3.8) is 0 Å². The molecule has 0 aliphatic carbocycles. The first-order valence-electron chi connectivity index (χ1n) is 6.53. The second kappa shape index (κ2) is 5.71. The number of halogens is 2. The van der Waals surface area contributed by atoms with E-state index in [0.717, 1.165) is 23.3 Å². The third-order valence-corrected chi connectivity index (χ3v) is 3.73. The predicted molar refractivity (Wildman–Crippen MR) is 76.1 cm³/mol. The maximum atomic E-state index is 12.9. The monoisotopic (exact) mass is 292 g/mol. The zero-order valence-electron chi connectivity index (χ0n) is 10.8. The maximum absolute atomic E-state index is 12.9. The Balaban J connectivity index is 1.90. The molecule has 0 radical (unpaired) electrons. The zero-order chi connectivity index (χ0) is 13.9. The fourth-order valence-corrected chi connectivity index (χ4v) is 2.44. The maximum Gasteiger partial charge on any atom is 0.161 e. The second-order valence-corrected chi connectivity index (χ2v) is 5.11. The van der Waals surface area contributed by atoms with Gasteiger partial charge >= 0.3 is 0 Å². The Morgan fingerprint density at radius 3 is 2.30 bits per heavy atom. The fraction of sp³-hybridized carbons (Fsp3) is 0.250. The van der Waals surface area contributed by atoms with Gasteiger partial charge in [-0.2, -0.15) is 0 Å². The molecular formula is C16H14ClFO2. The van der Waals surface area contributed by atoms with Crippen molar-refractivity contribution < 1.29 is 13.9 Å². The summed E-state index contributed by atoms with van der Waals surface area (Å²) in [5.74, 6) is 1.19. The number of fused-ring (bicyclic) bond motifs is 1. The first kappa shape index (κ1) is 13.3. The molecule has 104 valence electrons. The molecule has 0 fully saturated rings. The highest BCUT2D eigenvalue weighted by molar-refractivity contribution is 6.22. The molecule has 0 amide bonds. The van der Waals surface area contributed by atoms with E-state index in [-0.39, 0.29) is 11.2 Å². The van der Waals surface area contributed by atoms with Gasteiger partial charge in [-0.3, -0.25) is 0 Å². The van der Waals surface area contributed by atoms with Crippen molar-refractivity contribution in [2.75, 3.05) is 13.2 Å². The summed E-state index contributed by atoms with van der Waals surface area (Å²) in [5.41, 5.74) is 1.75. The Kier molecular flexibility index (Phi) is 3.79. The molecule has 2 aromatic rings. The Bertz CT molecular complexity index is 598. The zero-order valence-corrected chi connectivity index (χ0v) is 11.6. The molecule has 1 aliphatic rings. The Morgan fingerprint density at radius 2 is 1.55 bits per heavy atom. The van der Waals surface area contributed by atoms with Crippen molar-refractivity contribution in [3.05, 3.63) is 59.4 Å². The Hall–Kier alpha value is -1.74. The lowest BCUT2D eigenvalue weighted by Gasteiger charge is -2.13. The van der Waals surface area contributed by atoms with Crippen LogP contribution in [0.25, 0.3) is 0 Å². The van der Waals surface area contributed by atoms with Crippen molar-refractivity contribution >= 4 is 11.6 Å². The molecule has 1 aliphatic heterocycles. The van der Waals surface area contributed by atoms with E-state index >= 15 is 0 Å². The highest BCUT2D eigenvalue weighted by Gasteiger charge is 2.16. The molecule has 1 heterocycles. The van der Waals surface area contributed by atoms with Crippen LogP contribution in [-0.2, 0) is 0 Å². The first-order valence-corrected chi connectivity index (χ1v) is 6.97. The minimum Gasteiger partial charge on any atom is -0.490 e. The van der Waals surface area contributed by atoms with Crippen molar-refractivity contribution in [2.24, 2.45) is 0 Å². The molecular weight excluding hydrogens is 279 g/mol. The summed E-state index contributed by atoms with van der Waals surface area (Å²) in [4.78, 5) is 0. The summed E-state index contributed by atoms with van der Waals surface area (Å²) in [5, 5.41) is -0.340. The lowest BCUT2D eigenvalue weighted by molar-refractivity contribution is 0.297. The number of hydrogen-bond donors (Lipinski definition) is 0. The number of benzene rings is 2. The van der Waals surface area contributed by atoms with E-state index in [4.69, 9.17) is 21.1 Å². The summed E-state index contributed by atoms with van der Waals surface area (Å²) in [7, 11) is 0. The van der Waals surface area contributed by atoms with Gasteiger partial charge in [-0.15, -0.1) is 11.6 Å². The van der Waals surface area contributed by atoms with Crippen molar-refractivity contribution in [3.8, 4) is 11.5 Å². The van der Waals surface area contributed by atoms with E-state index in [2.05, 4.69) is 0 Å². The summed E-state index contributed by atoms with van der Waals surface area (Å²) < 4.78 is 24.2. The van der Waals surface area contributed by atoms with Gasteiger partial charge in [0.1, 0.15) is 5.82 Å². The summed E-state index contributed by atoms with van der Waals surface area (Å²) >= 11 is 6.45. The van der Waals surface area contributed by atoms with Crippen LogP contribution < -0.4 is 9.47 Å². The van der Waals surface area contributed by atoms with E-state index in [1.807, 2.05) is 18.2 Å². The predicted octanol–water partition coefficient (Wildman–Crippen LogP) is 4.32. The van der Waals surface area contributed by atoms with Gasteiger partial charge in [0.2, 0.25) is 0 Å². The summed E-state index contributed by atoms with van der Waals surface area (Å²) in [6.07, 6.45) is 0.867. The Labute approximate surface area is 122 Å². The molecule has 1 atom stereocenters. The smallest absolute Gasteiger partial charge is 0.161 e. The molecule has 0 saturated carbocycles. The number of hydrogen-bond acceptors (Lipinski definition) is 2. The number of ether oxygens (including phenoxy) is 2. The normalized spacial score (nSPS) is 15.5. The van der Waals surface area contributed by atoms with Crippen LogP contribution in [0.5, 0.6) is 11.5 Å². The molecule has 4 heteroatoms. The van der Waals surface area contributed by atoms with E-state index in [1.54, 1.807) is 12.1 Å². The van der Waals surface area contributed by atoms with E-state index in [9.17, 15) is 4.39 Å². The van der Waals surface area contributed by atoms with Crippen LogP contribution >= 0.6 is 11.6 Å². The largest absolute Gasteiger partial charge is 0.490 e. The van der Waals surface area contributed by atoms with Crippen molar-refractivity contribution in [1.82, 2.24) is 0 Å². The van der Waals surface area contributed by atoms with Gasteiger partial charge in [0, 0.05) is 6.42 Å². The standard InChI is InChI=1S/C16H14ClFO2/c17-16(11-2-5-13(18)6-3-11)12-4-7-14-15(10-12)20-9-1-8-19-14/h2-7,10,16H,1,8-9H2. The lowest BCUT2D eigenvalue weighted by Crippen LogP contribution is -1.97. The number of alkyl halides is 1. The molecule has 20 heavy (non-hydrogen) atoms. The second-order valence-electron chi connectivity index (χ2n) is 4.67. The third-order valence-electron chi connectivity index (χ3n) is 3.23. The molecule has 0 bridgehead atoms. The van der Waals surface area contributed by atoms with E-state index in [0.29, 0.717) is 19.0 Å². The molecule has 2 nitrogen and oxygen atoms in total. The van der Waals surface area contributed by atoms with Gasteiger partial charge in [-0.05, 0) is 35.4 Å². The summed E-state index contributed by atoms with van der Waals surface area (Å²) in [6.45, 7) is 1.30. The van der Waals surface area contributed by atoms with Crippen LogP contribution in [0.2, 0.25) is 0 Å². The van der Waals surface area contributed by atoms with Crippen LogP contribution in [0.4, 0.5) is 4.39 Å². The molecule has 0 N–H and O–H groups in total. The van der Waals surface area contributed by atoms with Crippen LogP contribution in [0.15, 0.2) is 42.5 Å². The van der Waals surface area contributed by atoms with Gasteiger partial charge in [0.05, 0.1) is 18.6 Å². The number of rotatable bonds is 2. The molecule has 3 rings (SSSR count). The quantitative estimate of drug-likeness (QED) is 0.768. The van der Waals surface area contributed by atoms with E-state index < -0.39 is 0 Å². The SMILES string of the molecule is Fc1ccc(C(Cl)c2ccc3c(c2)OCCCO3)cc1. The summed E-state index contributed by atoms with van der Waals surface area (Å²) in [6, 6.07) is 11.9. The van der Waals surface area contributed by atoms with Gasteiger partial charge in [-0.25, -0.2) is 4.39 Å². The molecule has 0 spiro atoms. The van der Waals surface area contributed by atoms with Gasteiger partial charge in [0.25, 0.3) is 0 Å². The Morgan fingerprint density at radius 1 is 0.900 bits per heavy atom. The molecule has 0 aromatic heterocycles. The van der Waals surface area contributed by atoms with Crippen LogP contribution in [0, 0.1) is 5.82 Å². The first-order chi connectivity index (χ1) is 9.74. The molecule has 2 aromatic carbocycles. The van der Waals surface area contributed by atoms with E-state index in [1.165, 1.54) is 12.1 Å². The molecule has 0 saturated heterocycles. The van der Waals surface area contributed by atoms with Gasteiger partial charge < -0.3 is 9.47 Å². The third kappa shape index (κ3) is 2.73. The van der Waals surface area contributed by atoms with Crippen LogP contribution in [0.1, 0.15) is 22.9 Å². The highest BCUT2D eigenvalue weighted by atomic mass is 35.5. The topological polar surface area (TPSA) is 18.5 Å². The lowest BCUT2D eigenvalue weighted by atomic mass is 10.0.